The van der Waals surface area contributed by atoms with E-state index in [0.29, 0.717) is 17.3 Å². The second kappa shape index (κ2) is 9.18. The highest BCUT2D eigenvalue weighted by Gasteiger charge is 2.15. The summed E-state index contributed by atoms with van der Waals surface area (Å²) in [7, 11) is 0. The van der Waals surface area contributed by atoms with E-state index < -0.39 is 11.8 Å². The van der Waals surface area contributed by atoms with Crippen molar-refractivity contribution in [3.63, 3.8) is 0 Å². The molecule has 7 nitrogen and oxygen atoms in total. The molecule has 9 heteroatoms. The number of amides is 2. The van der Waals surface area contributed by atoms with E-state index in [1.165, 1.54) is 31.0 Å². The van der Waals surface area contributed by atoms with Gasteiger partial charge in [0.25, 0.3) is 0 Å². The van der Waals surface area contributed by atoms with Gasteiger partial charge in [0.1, 0.15) is 11.6 Å². The minimum absolute atomic E-state index is 0.0560. The summed E-state index contributed by atoms with van der Waals surface area (Å²) in [5, 5.41) is 8.49. The molecule has 31 heavy (non-hydrogen) atoms. The summed E-state index contributed by atoms with van der Waals surface area (Å²) in [6.45, 7) is 3.98. The summed E-state index contributed by atoms with van der Waals surface area (Å²) in [6.07, 6.45) is 2.37. The quantitative estimate of drug-likeness (QED) is 0.483. The zero-order valence-corrected chi connectivity index (χ0v) is 17.7. The van der Waals surface area contributed by atoms with E-state index in [1.807, 2.05) is 25.1 Å². The number of carbonyl (C=O) groups is 1. The molecular weight excluding hydrogens is 419 g/mol. The molecule has 0 atom stereocenters. The van der Waals surface area contributed by atoms with Crippen LogP contribution in [0.15, 0.2) is 48.5 Å². The molecule has 2 heterocycles. The second-order valence-corrected chi connectivity index (χ2v) is 7.70. The number of anilines is 5. The molecule has 1 saturated heterocycles. The number of nitrogens with one attached hydrogen (secondary N) is 3. The first-order valence-corrected chi connectivity index (χ1v) is 10.3. The Bertz CT molecular complexity index is 1090. The Morgan fingerprint density at radius 1 is 0.968 bits per heavy atom. The molecule has 3 aromatic rings. The van der Waals surface area contributed by atoms with Crippen LogP contribution in [0.3, 0.4) is 0 Å². The van der Waals surface area contributed by atoms with E-state index in [9.17, 15) is 9.18 Å². The molecule has 3 N–H and O–H groups in total. The van der Waals surface area contributed by atoms with Gasteiger partial charge < -0.3 is 20.9 Å². The van der Waals surface area contributed by atoms with Gasteiger partial charge in [-0.05, 0) is 62.2 Å². The van der Waals surface area contributed by atoms with Crippen LogP contribution in [0.5, 0.6) is 0 Å². The number of carbonyl (C=O) groups excluding carboxylic acids is 1. The molecule has 0 unspecified atom stereocenters. The van der Waals surface area contributed by atoms with Crippen LogP contribution < -0.4 is 20.9 Å². The first-order chi connectivity index (χ1) is 15.0. The van der Waals surface area contributed by atoms with Crippen LogP contribution in [-0.4, -0.2) is 29.1 Å². The molecule has 0 aliphatic carbocycles. The Balaban J connectivity index is 1.38. The number of rotatable bonds is 5. The number of aryl methyl sites for hydroxylation is 1. The molecule has 1 aliphatic heterocycles. The number of urea groups is 1. The first-order valence-electron chi connectivity index (χ1n) is 9.97. The summed E-state index contributed by atoms with van der Waals surface area (Å²) in [4.78, 5) is 23.5. The normalized spacial score (nSPS) is 13.2. The van der Waals surface area contributed by atoms with Gasteiger partial charge in [0.2, 0.25) is 5.95 Å². The Morgan fingerprint density at radius 3 is 2.32 bits per heavy atom. The molecule has 1 fully saturated rings. The van der Waals surface area contributed by atoms with Crippen LogP contribution in [0.2, 0.25) is 5.02 Å². The second-order valence-electron chi connectivity index (χ2n) is 7.30. The van der Waals surface area contributed by atoms with Gasteiger partial charge in [-0.15, -0.1) is 0 Å². The molecule has 0 spiro atoms. The third kappa shape index (κ3) is 5.40. The fourth-order valence-corrected chi connectivity index (χ4v) is 3.53. The van der Waals surface area contributed by atoms with Crippen molar-refractivity contribution in [1.29, 1.82) is 0 Å². The maximum absolute atomic E-state index is 13.2. The van der Waals surface area contributed by atoms with Crippen LogP contribution in [0.4, 0.5) is 38.0 Å². The van der Waals surface area contributed by atoms with Crippen molar-refractivity contribution in [2.24, 2.45) is 0 Å². The monoisotopic (exact) mass is 440 g/mol. The van der Waals surface area contributed by atoms with Crippen LogP contribution in [0.1, 0.15) is 18.5 Å². The predicted octanol–water partition coefficient (Wildman–Crippen LogP) is 5.57. The van der Waals surface area contributed by atoms with Gasteiger partial charge in [-0.1, -0.05) is 11.6 Å². The highest BCUT2D eigenvalue weighted by molar-refractivity contribution is 6.31. The van der Waals surface area contributed by atoms with Crippen molar-refractivity contribution in [2.75, 3.05) is 33.9 Å². The largest absolute Gasteiger partial charge is 0.356 e. The minimum atomic E-state index is -0.541. The molecule has 1 aromatic heterocycles. The Morgan fingerprint density at radius 2 is 1.61 bits per heavy atom. The minimum Gasteiger partial charge on any atom is -0.356 e. The highest BCUT2D eigenvalue weighted by atomic mass is 35.5. The van der Waals surface area contributed by atoms with Crippen molar-refractivity contribution in [2.45, 2.75) is 19.8 Å². The van der Waals surface area contributed by atoms with Gasteiger partial charge >= 0.3 is 6.03 Å². The molecule has 0 bridgehead atoms. The number of nitrogens with zero attached hydrogens (tertiary/aromatic N) is 3. The van der Waals surface area contributed by atoms with Crippen molar-refractivity contribution in [3.8, 4) is 0 Å². The van der Waals surface area contributed by atoms with Crippen LogP contribution in [0, 0.1) is 12.7 Å². The third-order valence-electron chi connectivity index (χ3n) is 4.85. The summed E-state index contributed by atoms with van der Waals surface area (Å²) in [5.74, 6) is 0.928. The van der Waals surface area contributed by atoms with Crippen LogP contribution in [0.25, 0.3) is 0 Å². The molecule has 0 radical (unpaired) electrons. The van der Waals surface area contributed by atoms with E-state index in [1.54, 1.807) is 12.1 Å². The average molecular weight is 441 g/mol. The predicted molar refractivity (Wildman–Crippen MR) is 122 cm³/mol. The lowest BCUT2D eigenvalue weighted by Crippen LogP contribution is -2.20. The van der Waals surface area contributed by atoms with Crippen molar-refractivity contribution in [3.05, 3.63) is 65.1 Å². The molecule has 2 aromatic carbocycles. The molecule has 2 amide bonds. The average Bonchev–Trinajstić information content (AvgIpc) is 3.27. The van der Waals surface area contributed by atoms with E-state index in [4.69, 9.17) is 11.6 Å². The molecular formula is C22H22ClFN6O. The molecule has 0 saturated carbocycles. The molecule has 1 aliphatic rings. The van der Waals surface area contributed by atoms with Gasteiger partial charge in [0, 0.05) is 41.9 Å². The van der Waals surface area contributed by atoms with Gasteiger partial charge in [0.05, 0.1) is 5.02 Å². The zero-order valence-electron chi connectivity index (χ0n) is 17.0. The summed E-state index contributed by atoms with van der Waals surface area (Å²) in [6, 6.07) is 12.7. The Labute approximate surface area is 184 Å². The number of hydrogen-bond donors (Lipinski definition) is 3. The standard InChI is InChI=1S/C22H22ClFN6O/c1-14-12-20(30-10-2-3-11-30)29-21(25-14)26-15-4-6-16(7-5-15)27-22(31)28-17-8-9-19(24)18(23)13-17/h4-9,12-13H,2-3,10-11H2,1H3,(H,25,26,29)(H2,27,28,31). The summed E-state index contributed by atoms with van der Waals surface area (Å²) >= 11 is 5.73. The Kier molecular flexibility index (Phi) is 6.18. The lowest BCUT2D eigenvalue weighted by Gasteiger charge is -2.17. The van der Waals surface area contributed by atoms with Crippen LogP contribution >= 0.6 is 11.6 Å². The third-order valence-corrected chi connectivity index (χ3v) is 5.14. The SMILES string of the molecule is Cc1cc(N2CCCC2)nc(Nc2ccc(NC(=O)Nc3ccc(F)c(Cl)c3)cc2)n1. The van der Waals surface area contributed by atoms with Crippen molar-refractivity contribution >= 4 is 46.5 Å². The van der Waals surface area contributed by atoms with Crippen LogP contribution in [-0.2, 0) is 0 Å². The smallest absolute Gasteiger partial charge is 0.323 e. The van der Waals surface area contributed by atoms with E-state index in [2.05, 4.69) is 30.8 Å². The van der Waals surface area contributed by atoms with Gasteiger partial charge in [-0.2, -0.15) is 4.98 Å². The molecule has 4 rings (SSSR count). The maximum Gasteiger partial charge on any atom is 0.323 e. The lowest BCUT2D eigenvalue weighted by atomic mass is 10.3. The fraction of sp³-hybridized carbons (Fsp3) is 0.227. The van der Waals surface area contributed by atoms with E-state index in [-0.39, 0.29) is 5.02 Å². The maximum atomic E-state index is 13.2. The van der Waals surface area contributed by atoms with Crippen molar-refractivity contribution < 1.29 is 9.18 Å². The lowest BCUT2D eigenvalue weighted by molar-refractivity contribution is 0.262. The summed E-state index contributed by atoms with van der Waals surface area (Å²) in [5.41, 5.74) is 2.69. The topological polar surface area (TPSA) is 82.2 Å². The summed E-state index contributed by atoms with van der Waals surface area (Å²) < 4.78 is 13.2. The Hall–Kier alpha value is -3.39. The number of halogens is 2. The van der Waals surface area contributed by atoms with Gasteiger partial charge in [-0.25, -0.2) is 14.2 Å². The van der Waals surface area contributed by atoms with Crippen molar-refractivity contribution in [1.82, 2.24) is 9.97 Å². The highest BCUT2D eigenvalue weighted by Crippen LogP contribution is 2.23. The number of benzene rings is 2. The fourth-order valence-electron chi connectivity index (χ4n) is 3.35. The molecule has 160 valence electrons. The van der Waals surface area contributed by atoms with Gasteiger partial charge in [-0.3, -0.25) is 0 Å². The van der Waals surface area contributed by atoms with E-state index >= 15 is 0 Å². The number of hydrogen-bond acceptors (Lipinski definition) is 5. The van der Waals surface area contributed by atoms with E-state index in [0.717, 1.165) is 30.3 Å². The first kappa shape index (κ1) is 20.9. The zero-order chi connectivity index (χ0) is 21.8. The number of aromatic nitrogens is 2. The van der Waals surface area contributed by atoms with Gasteiger partial charge in [0.15, 0.2) is 0 Å².